The van der Waals surface area contributed by atoms with Gasteiger partial charge in [-0.05, 0) is 37.6 Å². The first-order valence-corrected chi connectivity index (χ1v) is 9.27. The number of ether oxygens (including phenoxy) is 1. The molecule has 0 saturated carbocycles. The summed E-state index contributed by atoms with van der Waals surface area (Å²) in [6.45, 7) is 5.20. The van der Waals surface area contributed by atoms with Crippen molar-refractivity contribution >= 4 is 11.6 Å². The summed E-state index contributed by atoms with van der Waals surface area (Å²) in [5.41, 5.74) is 0.649. The van der Waals surface area contributed by atoms with Gasteiger partial charge in [-0.1, -0.05) is 19.1 Å². The largest absolute Gasteiger partial charge is 0.495 e. The van der Waals surface area contributed by atoms with Crippen LogP contribution in [0.3, 0.4) is 0 Å². The van der Waals surface area contributed by atoms with Gasteiger partial charge in [-0.25, -0.2) is 0 Å². The fourth-order valence-electron chi connectivity index (χ4n) is 2.97. The van der Waals surface area contributed by atoms with Gasteiger partial charge in [0.2, 0.25) is 0 Å². The Morgan fingerprint density at radius 2 is 2.07 bits per heavy atom. The maximum absolute atomic E-state index is 12.8. The molecule has 3 rings (SSSR count). The third-order valence-electron chi connectivity index (χ3n) is 4.52. The number of nitrogens with one attached hydrogen (secondary N) is 2. The third-order valence-corrected chi connectivity index (χ3v) is 4.52. The van der Waals surface area contributed by atoms with E-state index < -0.39 is 0 Å². The number of carbonyl (C=O) groups is 1. The van der Waals surface area contributed by atoms with Crippen LogP contribution < -0.4 is 15.0 Å². The van der Waals surface area contributed by atoms with Gasteiger partial charge in [-0.15, -0.1) is 10.2 Å². The Kier molecular flexibility index (Phi) is 6.44. The van der Waals surface area contributed by atoms with E-state index in [9.17, 15) is 4.79 Å². The van der Waals surface area contributed by atoms with Gasteiger partial charge in [0.15, 0.2) is 18.3 Å². The average molecular weight is 385 g/mol. The Morgan fingerprint density at radius 1 is 1.25 bits per heavy atom. The van der Waals surface area contributed by atoms with Crippen molar-refractivity contribution in [3.63, 3.8) is 0 Å². The number of hydrogen-bond acceptors (Lipinski definition) is 6. The number of rotatable bonds is 9. The minimum Gasteiger partial charge on any atom is -0.495 e. The van der Waals surface area contributed by atoms with Crippen LogP contribution in [0.25, 0.3) is 11.7 Å². The molecule has 0 fully saturated rings. The van der Waals surface area contributed by atoms with Gasteiger partial charge in [0.1, 0.15) is 5.75 Å². The molecule has 0 aliphatic heterocycles. The molecule has 8 nitrogen and oxygen atoms in total. The Hall–Kier alpha value is -3.13. The Bertz CT molecular complexity index is 891. The Labute approximate surface area is 163 Å². The van der Waals surface area contributed by atoms with Crippen molar-refractivity contribution in [3.8, 4) is 17.4 Å². The predicted molar refractivity (Wildman–Crippen MR) is 103 cm³/mol. The molecule has 2 aromatic heterocycles. The molecule has 2 heterocycles. The summed E-state index contributed by atoms with van der Waals surface area (Å²) in [6, 6.07) is 10.5. The lowest BCUT2D eigenvalue weighted by Crippen LogP contribution is -3.15. The van der Waals surface area contributed by atoms with Gasteiger partial charge in [-0.3, -0.25) is 4.79 Å². The molecule has 0 aliphatic rings. The van der Waals surface area contributed by atoms with Crippen LogP contribution in [0.2, 0.25) is 0 Å². The molecule has 8 heteroatoms. The van der Waals surface area contributed by atoms with E-state index in [0.29, 0.717) is 35.5 Å². The van der Waals surface area contributed by atoms with E-state index >= 15 is 0 Å². The monoisotopic (exact) mass is 385 g/mol. The van der Waals surface area contributed by atoms with E-state index in [4.69, 9.17) is 13.6 Å². The van der Waals surface area contributed by atoms with Crippen molar-refractivity contribution in [1.82, 2.24) is 10.2 Å². The highest BCUT2D eigenvalue weighted by atomic mass is 16.5. The normalized spacial score (nSPS) is 13.1. The van der Waals surface area contributed by atoms with E-state index in [1.165, 1.54) is 0 Å². The highest BCUT2D eigenvalue weighted by molar-refractivity contribution is 5.94. The SMILES string of the molecule is CCC[NH+](Cc1nnc(-c2ccco2)o1)[C@H](C)C(=O)Nc1ccccc1OC. The summed E-state index contributed by atoms with van der Waals surface area (Å²) in [7, 11) is 1.58. The Morgan fingerprint density at radius 3 is 2.79 bits per heavy atom. The molecule has 2 N–H and O–H groups in total. The Balaban J connectivity index is 1.69. The second-order valence-corrected chi connectivity index (χ2v) is 6.47. The molecule has 0 spiro atoms. The highest BCUT2D eigenvalue weighted by Gasteiger charge is 2.27. The van der Waals surface area contributed by atoms with Crippen molar-refractivity contribution in [1.29, 1.82) is 0 Å². The van der Waals surface area contributed by atoms with Gasteiger partial charge in [-0.2, -0.15) is 0 Å². The first-order chi connectivity index (χ1) is 13.6. The van der Waals surface area contributed by atoms with Crippen LogP contribution in [0.4, 0.5) is 5.69 Å². The fourth-order valence-corrected chi connectivity index (χ4v) is 2.97. The first kappa shape index (κ1) is 19.6. The van der Waals surface area contributed by atoms with Crippen LogP contribution in [0, 0.1) is 0 Å². The smallest absolute Gasteiger partial charge is 0.283 e. The van der Waals surface area contributed by atoms with Crippen molar-refractivity contribution in [3.05, 3.63) is 48.6 Å². The van der Waals surface area contributed by atoms with E-state index in [-0.39, 0.29) is 11.9 Å². The number of carbonyl (C=O) groups excluding carboxylic acids is 1. The number of furan rings is 1. The maximum atomic E-state index is 12.8. The summed E-state index contributed by atoms with van der Waals surface area (Å²) in [6.07, 6.45) is 2.47. The zero-order chi connectivity index (χ0) is 19.9. The summed E-state index contributed by atoms with van der Waals surface area (Å²) >= 11 is 0. The van der Waals surface area contributed by atoms with E-state index in [0.717, 1.165) is 17.9 Å². The number of hydrogen-bond donors (Lipinski definition) is 2. The highest BCUT2D eigenvalue weighted by Crippen LogP contribution is 2.23. The molecule has 0 aliphatic carbocycles. The van der Waals surface area contributed by atoms with Crippen molar-refractivity contribution < 1.29 is 23.3 Å². The van der Waals surface area contributed by atoms with Crippen molar-refractivity contribution in [2.24, 2.45) is 0 Å². The molecular weight excluding hydrogens is 360 g/mol. The van der Waals surface area contributed by atoms with Crippen LogP contribution >= 0.6 is 0 Å². The molecule has 2 atom stereocenters. The van der Waals surface area contributed by atoms with Crippen molar-refractivity contribution in [2.75, 3.05) is 19.0 Å². The summed E-state index contributed by atoms with van der Waals surface area (Å²) in [5.74, 6) is 1.85. The molecule has 1 amide bonds. The molecule has 0 saturated heterocycles. The van der Waals surface area contributed by atoms with E-state index in [1.54, 1.807) is 25.5 Å². The molecular formula is C20H25N4O4+. The molecule has 1 aromatic carbocycles. The number of aromatic nitrogens is 2. The van der Waals surface area contributed by atoms with E-state index in [2.05, 4.69) is 22.4 Å². The minimum absolute atomic E-state index is 0.0984. The quantitative estimate of drug-likeness (QED) is 0.586. The first-order valence-electron chi connectivity index (χ1n) is 9.27. The van der Waals surface area contributed by atoms with Gasteiger partial charge >= 0.3 is 0 Å². The molecule has 28 heavy (non-hydrogen) atoms. The number of amides is 1. The molecule has 0 radical (unpaired) electrons. The lowest BCUT2D eigenvalue weighted by Gasteiger charge is -2.24. The van der Waals surface area contributed by atoms with Gasteiger partial charge < -0.3 is 23.8 Å². The number of para-hydroxylation sites is 2. The van der Waals surface area contributed by atoms with Gasteiger partial charge in [0, 0.05) is 0 Å². The van der Waals surface area contributed by atoms with Gasteiger partial charge in [0.05, 0.1) is 25.6 Å². The van der Waals surface area contributed by atoms with E-state index in [1.807, 2.05) is 31.2 Å². The molecule has 1 unspecified atom stereocenters. The number of benzene rings is 1. The minimum atomic E-state index is -0.316. The summed E-state index contributed by atoms with van der Waals surface area (Å²) < 4.78 is 16.3. The average Bonchev–Trinajstić information content (AvgIpc) is 3.39. The topological polar surface area (TPSA) is 94.8 Å². The van der Waals surface area contributed by atoms with Crippen LogP contribution in [-0.2, 0) is 11.3 Å². The lowest BCUT2D eigenvalue weighted by atomic mass is 10.2. The fraction of sp³-hybridized carbons (Fsp3) is 0.350. The van der Waals surface area contributed by atoms with Crippen LogP contribution in [0.5, 0.6) is 5.75 Å². The van der Waals surface area contributed by atoms with Gasteiger partial charge in [0.25, 0.3) is 17.7 Å². The number of quaternary nitrogens is 1. The maximum Gasteiger partial charge on any atom is 0.283 e. The zero-order valence-corrected chi connectivity index (χ0v) is 16.3. The number of anilines is 1. The number of nitrogens with zero attached hydrogens (tertiary/aromatic N) is 2. The number of methoxy groups -OCH3 is 1. The third kappa shape index (κ3) is 4.58. The standard InChI is InChI=1S/C20H24N4O4/c1-4-11-24(13-18-22-23-20(28-18)17-10-7-12-27-17)14(2)19(25)21-15-8-5-6-9-16(15)26-3/h5-10,12,14H,4,11,13H2,1-3H3,(H,21,25)/p+1/t14-/m1/s1. The molecule has 0 bridgehead atoms. The lowest BCUT2D eigenvalue weighted by molar-refractivity contribution is -0.928. The second-order valence-electron chi connectivity index (χ2n) is 6.47. The predicted octanol–water partition coefficient (Wildman–Crippen LogP) is 2.16. The molecule has 148 valence electrons. The second kappa shape index (κ2) is 9.18. The van der Waals surface area contributed by atoms with Crippen LogP contribution in [-0.4, -0.2) is 35.8 Å². The molecule has 3 aromatic rings. The van der Waals surface area contributed by atoms with Crippen LogP contribution in [0.1, 0.15) is 26.2 Å². The summed E-state index contributed by atoms with van der Waals surface area (Å²) in [4.78, 5) is 13.8. The summed E-state index contributed by atoms with van der Waals surface area (Å²) in [5, 5.41) is 11.1. The van der Waals surface area contributed by atoms with Crippen molar-refractivity contribution in [2.45, 2.75) is 32.9 Å². The zero-order valence-electron chi connectivity index (χ0n) is 16.3. The van der Waals surface area contributed by atoms with Crippen LogP contribution in [0.15, 0.2) is 51.5 Å².